The molecule has 0 unspecified atom stereocenters. The molecule has 0 saturated heterocycles. The molecule has 0 aliphatic heterocycles. The van der Waals surface area contributed by atoms with E-state index in [4.69, 9.17) is 11.6 Å². The Morgan fingerprint density at radius 1 is 1.05 bits per heavy atom. The van der Waals surface area contributed by atoms with Crippen molar-refractivity contribution in [2.45, 2.75) is 0 Å². The number of rotatable bonds is 5. The fourth-order valence-electron chi connectivity index (χ4n) is 1.45. The average molecular weight is 327 g/mol. The highest BCUT2D eigenvalue weighted by Gasteiger charge is 2.12. The van der Waals surface area contributed by atoms with E-state index in [1.54, 1.807) is 24.3 Å². The van der Waals surface area contributed by atoms with Crippen LogP contribution in [0.3, 0.4) is 0 Å². The second-order valence-electron chi connectivity index (χ2n) is 4.45. The molecule has 21 heavy (non-hydrogen) atoms. The van der Waals surface area contributed by atoms with Crippen LogP contribution in [0.4, 0.5) is 17.2 Å². The normalized spacial score (nSPS) is 11.4. The molecule has 0 radical (unpaired) electrons. The molecule has 1 aromatic heterocycles. The van der Waals surface area contributed by atoms with Gasteiger partial charge in [-0.15, -0.1) is 0 Å². The minimum Gasteiger partial charge on any atom is -0.340 e. The molecular formula is C13H15ClN4O2S. The molecule has 8 heteroatoms. The number of benzene rings is 1. The Morgan fingerprint density at radius 2 is 1.67 bits per heavy atom. The molecule has 0 amide bonds. The van der Waals surface area contributed by atoms with Crippen LogP contribution in [0.15, 0.2) is 42.6 Å². The van der Waals surface area contributed by atoms with Gasteiger partial charge in [0.1, 0.15) is 5.82 Å². The van der Waals surface area contributed by atoms with Gasteiger partial charge in [0.05, 0.1) is 11.9 Å². The summed E-state index contributed by atoms with van der Waals surface area (Å²) < 4.78 is 26.8. The van der Waals surface area contributed by atoms with E-state index < -0.39 is 10.2 Å². The number of aromatic nitrogens is 1. The molecule has 0 bridgehead atoms. The van der Waals surface area contributed by atoms with Crippen LogP contribution < -0.4 is 10.0 Å². The van der Waals surface area contributed by atoms with Crippen LogP contribution >= 0.6 is 11.6 Å². The van der Waals surface area contributed by atoms with Crippen molar-refractivity contribution >= 4 is 39.0 Å². The number of anilines is 3. The van der Waals surface area contributed by atoms with Gasteiger partial charge in [0.15, 0.2) is 0 Å². The molecule has 0 atom stereocenters. The van der Waals surface area contributed by atoms with Gasteiger partial charge in [0.2, 0.25) is 0 Å². The summed E-state index contributed by atoms with van der Waals surface area (Å²) in [6, 6.07) is 10.5. The number of nitrogens with zero attached hydrogens (tertiary/aromatic N) is 2. The Kier molecular flexibility index (Phi) is 4.66. The summed E-state index contributed by atoms with van der Waals surface area (Å²) >= 11 is 5.81. The Labute approximate surface area is 128 Å². The van der Waals surface area contributed by atoms with Gasteiger partial charge in [-0.3, -0.25) is 4.72 Å². The van der Waals surface area contributed by atoms with Gasteiger partial charge in [-0.05, 0) is 36.4 Å². The summed E-state index contributed by atoms with van der Waals surface area (Å²) in [5.74, 6) is 0.602. The second kappa shape index (κ2) is 6.30. The summed E-state index contributed by atoms with van der Waals surface area (Å²) in [7, 11) is -0.618. The average Bonchev–Trinajstić information content (AvgIpc) is 2.43. The zero-order valence-electron chi connectivity index (χ0n) is 11.5. The maximum absolute atomic E-state index is 11.7. The minimum atomic E-state index is -3.52. The van der Waals surface area contributed by atoms with Gasteiger partial charge in [-0.1, -0.05) is 11.6 Å². The van der Waals surface area contributed by atoms with Gasteiger partial charge in [-0.2, -0.15) is 12.7 Å². The predicted octanol–water partition coefficient (Wildman–Crippen LogP) is 2.70. The predicted molar refractivity (Wildman–Crippen MR) is 85.2 cm³/mol. The summed E-state index contributed by atoms with van der Waals surface area (Å²) in [5, 5.41) is 3.74. The first-order valence-corrected chi connectivity index (χ1v) is 7.87. The van der Waals surface area contributed by atoms with Gasteiger partial charge in [0, 0.05) is 24.8 Å². The van der Waals surface area contributed by atoms with Crippen LogP contribution in [0.25, 0.3) is 0 Å². The smallest absolute Gasteiger partial charge is 0.301 e. The van der Waals surface area contributed by atoms with Crippen molar-refractivity contribution in [3.63, 3.8) is 0 Å². The van der Waals surface area contributed by atoms with E-state index >= 15 is 0 Å². The van der Waals surface area contributed by atoms with Crippen molar-refractivity contribution in [2.75, 3.05) is 24.1 Å². The largest absolute Gasteiger partial charge is 0.340 e. The number of nitrogens with one attached hydrogen (secondary N) is 2. The van der Waals surface area contributed by atoms with Crippen LogP contribution in [0.2, 0.25) is 5.02 Å². The number of halogens is 1. The molecule has 1 heterocycles. The molecule has 112 valence electrons. The summed E-state index contributed by atoms with van der Waals surface area (Å²) in [6.45, 7) is 0. The van der Waals surface area contributed by atoms with Crippen molar-refractivity contribution < 1.29 is 8.42 Å². The second-order valence-corrected chi connectivity index (χ2v) is 6.77. The third-order valence-corrected chi connectivity index (χ3v) is 4.31. The topological polar surface area (TPSA) is 74.3 Å². The summed E-state index contributed by atoms with van der Waals surface area (Å²) in [4.78, 5) is 4.15. The Bertz CT molecular complexity index is 700. The lowest BCUT2D eigenvalue weighted by Gasteiger charge is -2.13. The fourth-order valence-corrected chi connectivity index (χ4v) is 2.18. The van der Waals surface area contributed by atoms with Crippen molar-refractivity contribution in [2.24, 2.45) is 0 Å². The van der Waals surface area contributed by atoms with Crippen LogP contribution in [0.5, 0.6) is 0 Å². The molecule has 2 N–H and O–H groups in total. The lowest BCUT2D eigenvalue weighted by atomic mass is 10.3. The first-order valence-electron chi connectivity index (χ1n) is 6.06. The molecule has 6 nitrogen and oxygen atoms in total. The maximum atomic E-state index is 11.7. The van der Waals surface area contributed by atoms with Crippen LogP contribution in [-0.4, -0.2) is 31.8 Å². The molecule has 0 saturated carbocycles. The fraction of sp³-hybridized carbons (Fsp3) is 0.154. The number of hydrogen-bond donors (Lipinski definition) is 2. The van der Waals surface area contributed by atoms with Gasteiger partial charge in [0.25, 0.3) is 0 Å². The van der Waals surface area contributed by atoms with E-state index in [0.29, 0.717) is 16.5 Å². The van der Waals surface area contributed by atoms with Crippen molar-refractivity contribution in [1.29, 1.82) is 0 Å². The van der Waals surface area contributed by atoms with E-state index in [1.807, 2.05) is 12.1 Å². The first-order chi connectivity index (χ1) is 9.87. The highest BCUT2D eigenvalue weighted by Crippen LogP contribution is 2.19. The maximum Gasteiger partial charge on any atom is 0.301 e. The van der Waals surface area contributed by atoms with Crippen molar-refractivity contribution in [3.05, 3.63) is 47.6 Å². The van der Waals surface area contributed by atoms with E-state index in [1.165, 1.54) is 20.3 Å². The third-order valence-electron chi connectivity index (χ3n) is 2.61. The zero-order valence-corrected chi connectivity index (χ0v) is 13.1. The molecule has 2 aromatic rings. The Hall–Kier alpha value is -1.83. The zero-order chi connectivity index (χ0) is 15.5. The summed E-state index contributed by atoms with van der Waals surface area (Å²) in [5.41, 5.74) is 1.24. The molecular weight excluding hydrogens is 312 g/mol. The standard InChI is InChI=1S/C13H15ClN4O2S/c1-18(2)21(19,20)17-12-7-8-13(15-9-12)16-11-5-3-10(14)4-6-11/h3-9,17H,1-2H3,(H,15,16). The molecule has 1 aromatic carbocycles. The highest BCUT2D eigenvalue weighted by atomic mass is 35.5. The molecule has 0 aliphatic carbocycles. The Balaban J connectivity index is 2.07. The minimum absolute atomic E-state index is 0.394. The van der Waals surface area contributed by atoms with Crippen LogP contribution in [0, 0.1) is 0 Å². The lowest BCUT2D eigenvalue weighted by molar-refractivity contribution is 0.527. The van der Waals surface area contributed by atoms with Crippen LogP contribution in [0.1, 0.15) is 0 Å². The van der Waals surface area contributed by atoms with E-state index in [-0.39, 0.29) is 0 Å². The lowest BCUT2D eigenvalue weighted by Crippen LogP contribution is -2.28. The van der Waals surface area contributed by atoms with Crippen LogP contribution in [-0.2, 0) is 10.2 Å². The number of pyridine rings is 1. The van der Waals surface area contributed by atoms with Crippen molar-refractivity contribution in [3.8, 4) is 0 Å². The van der Waals surface area contributed by atoms with E-state index in [9.17, 15) is 8.42 Å². The summed E-state index contributed by atoms with van der Waals surface area (Å²) in [6.07, 6.45) is 1.44. The van der Waals surface area contributed by atoms with Gasteiger partial charge >= 0.3 is 10.2 Å². The van der Waals surface area contributed by atoms with Gasteiger partial charge in [-0.25, -0.2) is 4.98 Å². The van der Waals surface area contributed by atoms with Gasteiger partial charge < -0.3 is 5.32 Å². The van der Waals surface area contributed by atoms with Crippen molar-refractivity contribution in [1.82, 2.24) is 9.29 Å². The molecule has 0 aliphatic rings. The Morgan fingerprint density at radius 3 is 2.19 bits per heavy atom. The third kappa shape index (κ3) is 4.32. The van der Waals surface area contributed by atoms with E-state index in [0.717, 1.165) is 9.99 Å². The molecule has 0 fully saturated rings. The quantitative estimate of drug-likeness (QED) is 0.886. The first kappa shape index (κ1) is 15.6. The van der Waals surface area contributed by atoms with E-state index in [2.05, 4.69) is 15.0 Å². The highest BCUT2D eigenvalue weighted by molar-refractivity contribution is 7.90. The molecule has 2 rings (SSSR count). The number of hydrogen-bond acceptors (Lipinski definition) is 4. The SMILES string of the molecule is CN(C)S(=O)(=O)Nc1ccc(Nc2ccc(Cl)cc2)nc1. The molecule has 0 spiro atoms. The monoisotopic (exact) mass is 326 g/mol.